The third kappa shape index (κ3) is 4.05. The van der Waals surface area contributed by atoms with E-state index in [1.165, 1.54) is 0 Å². The van der Waals surface area contributed by atoms with Crippen LogP contribution in [0, 0.1) is 0 Å². The van der Waals surface area contributed by atoms with E-state index in [1.807, 2.05) is 32.0 Å². The van der Waals surface area contributed by atoms with Crippen molar-refractivity contribution in [3.05, 3.63) is 30.3 Å². The Balaban J connectivity index is 2.37. The minimum atomic E-state index is -2.05. The van der Waals surface area contributed by atoms with Gasteiger partial charge in [0.05, 0.1) is 6.10 Å². The fourth-order valence-electron chi connectivity index (χ4n) is 0.810. The first-order chi connectivity index (χ1) is 6.72. The lowest BCUT2D eigenvalue weighted by Gasteiger charge is -2.25. The average molecular weight is 213 g/mol. The number of rotatable bonds is 5. The van der Waals surface area contributed by atoms with Crippen molar-refractivity contribution in [3.8, 4) is 5.75 Å². The van der Waals surface area contributed by atoms with E-state index in [-0.39, 0.29) is 6.10 Å². The molecule has 3 nitrogen and oxygen atoms in total. The maximum absolute atomic E-state index is 11.3. The Kier molecular flexibility index (Phi) is 4.88. The number of hydrogen-bond acceptors (Lipinski definition) is 3. The molecule has 0 aliphatic heterocycles. The molecule has 14 heavy (non-hydrogen) atoms. The number of benzene rings is 1. The molecule has 1 rings (SSSR count). The predicted molar refractivity (Wildman–Crippen MR) is 54.8 cm³/mol. The van der Waals surface area contributed by atoms with Gasteiger partial charge in [0.25, 0.3) is 0 Å². The van der Waals surface area contributed by atoms with Crippen molar-refractivity contribution >= 4 is 8.60 Å². The highest BCUT2D eigenvalue weighted by Gasteiger charge is 2.03. The lowest BCUT2D eigenvalue weighted by atomic mass is 10.3. The molecule has 0 bridgehead atoms. The summed E-state index contributed by atoms with van der Waals surface area (Å²) in [5.74, 6) is 0.567. The lowest BCUT2D eigenvalue weighted by Crippen LogP contribution is -2.11. The lowest BCUT2D eigenvalue weighted by molar-refractivity contribution is -0.200. The van der Waals surface area contributed by atoms with Crippen molar-refractivity contribution in [2.45, 2.75) is 26.4 Å². The summed E-state index contributed by atoms with van der Waals surface area (Å²) in [4.78, 5) is 11.3. The van der Waals surface area contributed by atoms with Crippen LogP contribution in [0.1, 0.15) is 20.3 Å². The Morgan fingerprint density at radius 1 is 1.36 bits per heavy atom. The van der Waals surface area contributed by atoms with E-state index >= 15 is 0 Å². The van der Waals surface area contributed by atoms with Gasteiger partial charge in [0, 0.05) is 0 Å². The van der Waals surface area contributed by atoms with Crippen LogP contribution in [0.2, 0.25) is 0 Å². The van der Waals surface area contributed by atoms with Crippen LogP contribution in [0.5, 0.6) is 5.75 Å². The fourth-order valence-corrected chi connectivity index (χ4v) is 1.59. The summed E-state index contributed by atoms with van der Waals surface area (Å²) in [6, 6.07) is 9.00. The van der Waals surface area contributed by atoms with Gasteiger partial charge in [-0.25, -0.2) is 0 Å². The van der Waals surface area contributed by atoms with Gasteiger partial charge in [0.15, 0.2) is 0 Å². The molecule has 0 aromatic heterocycles. The monoisotopic (exact) mass is 213 g/mol. The summed E-state index contributed by atoms with van der Waals surface area (Å²) < 4.78 is 10.2. The summed E-state index contributed by atoms with van der Waals surface area (Å²) in [6.45, 7) is 3.83. The van der Waals surface area contributed by atoms with Crippen LogP contribution < -0.4 is 9.42 Å². The Bertz CT molecular complexity index is 253. The first kappa shape index (κ1) is 11.4. The molecule has 1 aromatic rings. The van der Waals surface area contributed by atoms with Gasteiger partial charge in [-0.3, -0.25) is 0 Å². The second-order valence-electron chi connectivity index (χ2n) is 2.95. The molecule has 2 atom stereocenters. The molecular weight excluding hydrogens is 199 g/mol. The van der Waals surface area contributed by atoms with Gasteiger partial charge in [0.1, 0.15) is 14.4 Å². The summed E-state index contributed by atoms with van der Waals surface area (Å²) in [6.07, 6.45) is 0.779. The van der Waals surface area contributed by atoms with Crippen molar-refractivity contribution < 1.29 is 13.9 Å². The predicted octanol–water partition coefficient (Wildman–Crippen LogP) is 2.47. The third-order valence-corrected chi connectivity index (χ3v) is 2.66. The van der Waals surface area contributed by atoms with Crippen molar-refractivity contribution in [1.29, 1.82) is 0 Å². The van der Waals surface area contributed by atoms with E-state index in [1.54, 1.807) is 12.1 Å². The zero-order valence-electron chi connectivity index (χ0n) is 8.34. The normalized spacial score (nSPS) is 14.8. The molecule has 0 amide bonds. The topological polar surface area (TPSA) is 41.5 Å². The minimum absolute atomic E-state index is 0.0395. The molecule has 0 N–H and O–H groups in total. The molecule has 0 aliphatic rings. The van der Waals surface area contributed by atoms with E-state index in [2.05, 4.69) is 0 Å². The first-order valence-corrected chi connectivity index (χ1v) is 5.69. The second-order valence-corrected chi connectivity index (χ2v) is 3.79. The second kappa shape index (κ2) is 5.97. The molecule has 4 heteroatoms. The maximum atomic E-state index is 11.3. The smallest absolute Gasteiger partial charge is 0.147 e. The summed E-state index contributed by atoms with van der Waals surface area (Å²) in [5, 5.41) is 0. The molecule has 0 aliphatic carbocycles. The standard InChI is InChI=1S/C10H14O3P/c1-3-9(2)12-14(11)13-10-7-5-4-6-8-10/h4-9H,3H2,1-2H3/q-1. The molecular formula is C10H14O3P-. The largest absolute Gasteiger partial charge is 0.776 e. The Morgan fingerprint density at radius 3 is 2.57 bits per heavy atom. The van der Waals surface area contributed by atoms with Crippen LogP contribution >= 0.6 is 8.60 Å². The van der Waals surface area contributed by atoms with Crippen LogP contribution in [0.4, 0.5) is 0 Å². The van der Waals surface area contributed by atoms with E-state index in [4.69, 9.17) is 9.05 Å². The van der Waals surface area contributed by atoms with Crippen molar-refractivity contribution in [2.24, 2.45) is 0 Å². The van der Waals surface area contributed by atoms with Gasteiger partial charge in [-0.05, 0) is 25.5 Å². The highest BCUT2D eigenvalue weighted by Crippen LogP contribution is 2.32. The van der Waals surface area contributed by atoms with Gasteiger partial charge in [0.2, 0.25) is 0 Å². The molecule has 0 fully saturated rings. The van der Waals surface area contributed by atoms with Crippen molar-refractivity contribution in [1.82, 2.24) is 0 Å². The van der Waals surface area contributed by atoms with Crippen LogP contribution in [-0.4, -0.2) is 6.10 Å². The molecule has 2 unspecified atom stereocenters. The minimum Gasteiger partial charge on any atom is -0.776 e. The summed E-state index contributed by atoms with van der Waals surface area (Å²) >= 11 is 0. The molecule has 0 spiro atoms. The van der Waals surface area contributed by atoms with Crippen LogP contribution in [0.3, 0.4) is 0 Å². The molecule has 0 radical (unpaired) electrons. The molecule has 0 heterocycles. The molecule has 1 aromatic carbocycles. The van der Waals surface area contributed by atoms with E-state index < -0.39 is 8.60 Å². The van der Waals surface area contributed by atoms with Gasteiger partial charge < -0.3 is 13.9 Å². The molecule has 0 saturated carbocycles. The Morgan fingerprint density at radius 2 is 2.00 bits per heavy atom. The van der Waals surface area contributed by atoms with Crippen LogP contribution in [0.15, 0.2) is 30.3 Å². The first-order valence-electron chi connectivity index (χ1n) is 4.59. The summed E-state index contributed by atoms with van der Waals surface area (Å²) in [7, 11) is -2.05. The third-order valence-electron chi connectivity index (χ3n) is 1.76. The highest BCUT2D eigenvalue weighted by molar-refractivity contribution is 7.39. The van der Waals surface area contributed by atoms with Gasteiger partial charge in [-0.1, -0.05) is 25.1 Å². The fraction of sp³-hybridized carbons (Fsp3) is 0.400. The van der Waals surface area contributed by atoms with Gasteiger partial charge >= 0.3 is 0 Å². The zero-order valence-corrected chi connectivity index (χ0v) is 9.24. The SMILES string of the molecule is CCC(C)OP([O-])Oc1ccccc1. The summed E-state index contributed by atoms with van der Waals surface area (Å²) in [5.41, 5.74) is 0. The van der Waals surface area contributed by atoms with Gasteiger partial charge in [-0.2, -0.15) is 0 Å². The van der Waals surface area contributed by atoms with Gasteiger partial charge in [-0.15, -0.1) is 0 Å². The maximum Gasteiger partial charge on any atom is 0.147 e. The van der Waals surface area contributed by atoms with E-state index in [0.29, 0.717) is 5.75 Å². The molecule has 0 saturated heterocycles. The Hall–Kier alpha value is -0.630. The van der Waals surface area contributed by atoms with Crippen molar-refractivity contribution in [2.75, 3.05) is 0 Å². The molecule has 78 valence electrons. The van der Waals surface area contributed by atoms with E-state index in [9.17, 15) is 4.89 Å². The van der Waals surface area contributed by atoms with Crippen LogP contribution in [0.25, 0.3) is 0 Å². The zero-order chi connectivity index (χ0) is 10.4. The Labute approximate surface area is 85.7 Å². The number of hydrogen-bond donors (Lipinski definition) is 0. The van der Waals surface area contributed by atoms with Crippen LogP contribution in [-0.2, 0) is 4.52 Å². The highest BCUT2D eigenvalue weighted by atomic mass is 31.2. The number of para-hydroxylation sites is 1. The van der Waals surface area contributed by atoms with Crippen molar-refractivity contribution in [3.63, 3.8) is 0 Å². The average Bonchev–Trinajstić information content (AvgIpc) is 2.19. The quantitative estimate of drug-likeness (QED) is 0.705. The van der Waals surface area contributed by atoms with E-state index in [0.717, 1.165) is 6.42 Å².